The molecule has 0 saturated heterocycles. The molecule has 0 unspecified atom stereocenters. The van der Waals surface area contributed by atoms with Crippen LogP contribution in [0.4, 0.5) is 0 Å². The lowest BCUT2D eigenvalue weighted by atomic mass is 10.0. The average Bonchev–Trinajstić information content (AvgIpc) is 2.90. The van der Waals surface area contributed by atoms with Gasteiger partial charge in [0.25, 0.3) is 0 Å². The van der Waals surface area contributed by atoms with E-state index in [1.807, 2.05) is 22.8 Å². The Bertz CT molecular complexity index is 534. The summed E-state index contributed by atoms with van der Waals surface area (Å²) < 4.78 is 6.94. The van der Waals surface area contributed by atoms with Crippen LogP contribution in [0.5, 0.6) is 0 Å². The Morgan fingerprint density at radius 2 is 2.05 bits per heavy atom. The molecule has 0 amide bonds. The quantitative estimate of drug-likeness (QED) is 0.774. The largest absolute Gasteiger partial charge is 0.461 e. The molecular formula is C15H18N2O2. The maximum absolute atomic E-state index is 11.9. The number of rotatable bonds is 5. The van der Waals surface area contributed by atoms with Crippen molar-refractivity contribution in [3.63, 3.8) is 0 Å². The molecule has 1 aromatic heterocycles. The zero-order valence-electron chi connectivity index (χ0n) is 11.2. The third-order valence-electron chi connectivity index (χ3n) is 3.06. The number of aromatic nitrogens is 2. The topological polar surface area (TPSA) is 44.1 Å². The number of hydrogen-bond donors (Lipinski definition) is 0. The van der Waals surface area contributed by atoms with Gasteiger partial charge < -0.3 is 9.30 Å². The number of benzene rings is 1. The van der Waals surface area contributed by atoms with Gasteiger partial charge in [0.2, 0.25) is 0 Å². The second kappa shape index (κ2) is 6.18. The number of carbonyl (C=O) groups is 1. The smallest absolute Gasteiger partial charge is 0.356 e. The third kappa shape index (κ3) is 2.84. The molecular weight excluding hydrogens is 240 g/mol. The van der Waals surface area contributed by atoms with Crippen LogP contribution in [-0.2, 0) is 4.74 Å². The highest BCUT2D eigenvalue weighted by molar-refractivity contribution is 5.87. The van der Waals surface area contributed by atoms with Crippen LogP contribution in [0, 0.1) is 0 Å². The molecule has 0 radical (unpaired) electrons. The highest BCUT2D eigenvalue weighted by Crippen LogP contribution is 2.23. The van der Waals surface area contributed by atoms with Crippen LogP contribution in [0.1, 0.15) is 42.4 Å². The molecule has 1 heterocycles. The first-order valence-corrected chi connectivity index (χ1v) is 6.51. The summed E-state index contributed by atoms with van der Waals surface area (Å²) in [6.45, 7) is 4.26. The standard InChI is InChI=1S/C15H18N2O2/c1-3-13(12-8-6-5-7-9-12)17-11-16-10-14(17)15(18)19-4-2/h5-11,13H,3-4H2,1-2H3/t13-/m1/s1. The van der Waals surface area contributed by atoms with E-state index < -0.39 is 0 Å². The van der Waals surface area contributed by atoms with Gasteiger partial charge in [0, 0.05) is 0 Å². The molecule has 1 aromatic carbocycles. The SMILES string of the molecule is CCOC(=O)c1cncn1[C@H](CC)c1ccccc1. The predicted molar refractivity (Wildman–Crippen MR) is 73.1 cm³/mol. The summed E-state index contributed by atoms with van der Waals surface area (Å²) in [5.74, 6) is -0.325. The van der Waals surface area contributed by atoms with E-state index in [2.05, 4.69) is 24.0 Å². The van der Waals surface area contributed by atoms with E-state index in [0.717, 1.165) is 12.0 Å². The van der Waals surface area contributed by atoms with Crippen LogP contribution >= 0.6 is 0 Å². The molecule has 2 aromatic rings. The number of carbonyl (C=O) groups excluding carboxylic acids is 1. The Balaban J connectivity index is 2.35. The van der Waals surface area contributed by atoms with Crippen molar-refractivity contribution >= 4 is 5.97 Å². The molecule has 0 saturated carbocycles. The Kier molecular flexibility index (Phi) is 4.34. The van der Waals surface area contributed by atoms with Crippen LogP contribution in [0.3, 0.4) is 0 Å². The monoisotopic (exact) mass is 258 g/mol. The highest BCUT2D eigenvalue weighted by atomic mass is 16.5. The summed E-state index contributed by atoms with van der Waals surface area (Å²) in [7, 11) is 0. The van der Waals surface area contributed by atoms with Gasteiger partial charge in [-0.15, -0.1) is 0 Å². The van der Waals surface area contributed by atoms with E-state index in [1.165, 1.54) is 0 Å². The maximum Gasteiger partial charge on any atom is 0.356 e. The van der Waals surface area contributed by atoms with Gasteiger partial charge in [0.1, 0.15) is 5.69 Å². The van der Waals surface area contributed by atoms with Gasteiger partial charge in [0.05, 0.1) is 25.2 Å². The van der Waals surface area contributed by atoms with Crippen molar-refractivity contribution in [2.45, 2.75) is 26.3 Å². The first-order valence-electron chi connectivity index (χ1n) is 6.51. The molecule has 0 fully saturated rings. The predicted octanol–water partition coefficient (Wildman–Crippen LogP) is 3.06. The van der Waals surface area contributed by atoms with Crippen LogP contribution in [0.25, 0.3) is 0 Å². The van der Waals surface area contributed by atoms with E-state index in [0.29, 0.717) is 12.3 Å². The van der Waals surface area contributed by atoms with Crippen molar-refractivity contribution in [1.29, 1.82) is 0 Å². The first-order chi connectivity index (χ1) is 9.27. The van der Waals surface area contributed by atoms with E-state index in [1.54, 1.807) is 19.4 Å². The highest BCUT2D eigenvalue weighted by Gasteiger charge is 2.19. The molecule has 4 heteroatoms. The molecule has 0 aliphatic rings. The fourth-order valence-corrected chi connectivity index (χ4v) is 2.18. The fourth-order valence-electron chi connectivity index (χ4n) is 2.18. The van der Waals surface area contributed by atoms with Crippen molar-refractivity contribution in [1.82, 2.24) is 9.55 Å². The summed E-state index contributed by atoms with van der Waals surface area (Å²) in [6.07, 6.45) is 4.13. The van der Waals surface area contributed by atoms with E-state index in [9.17, 15) is 4.79 Å². The third-order valence-corrected chi connectivity index (χ3v) is 3.06. The number of esters is 1. The zero-order valence-corrected chi connectivity index (χ0v) is 11.2. The second-order valence-electron chi connectivity index (χ2n) is 4.24. The molecule has 4 nitrogen and oxygen atoms in total. The second-order valence-corrected chi connectivity index (χ2v) is 4.24. The Hall–Kier alpha value is -2.10. The molecule has 1 atom stereocenters. The molecule has 0 spiro atoms. The molecule has 0 aliphatic heterocycles. The van der Waals surface area contributed by atoms with Crippen LogP contribution in [0.2, 0.25) is 0 Å². The van der Waals surface area contributed by atoms with E-state index in [4.69, 9.17) is 4.74 Å². The van der Waals surface area contributed by atoms with Gasteiger partial charge in [-0.25, -0.2) is 9.78 Å². The van der Waals surface area contributed by atoms with Crippen LogP contribution in [0.15, 0.2) is 42.9 Å². The minimum absolute atomic E-state index is 0.100. The minimum atomic E-state index is -0.325. The Labute approximate surface area is 113 Å². The summed E-state index contributed by atoms with van der Waals surface area (Å²) in [5, 5.41) is 0. The molecule has 0 N–H and O–H groups in total. The lowest BCUT2D eigenvalue weighted by Crippen LogP contribution is -2.17. The van der Waals surface area contributed by atoms with Gasteiger partial charge in [-0.1, -0.05) is 37.3 Å². The van der Waals surface area contributed by atoms with E-state index in [-0.39, 0.29) is 12.0 Å². The summed E-state index contributed by atoms with van der Waals surface area (Å²) >= 11 is 0. The molecule has 0 bridgehead atoms. The molecule has 19 heavy (non-hydrogen) atoms. The van der Waals surface area contributed by atoms with Crippen molar-refractivity contribution in [2.24, 2.45) is 0 Å². The molecule has 100 valence electrons. The zero-order chi connectivity index (χ0) is 13.7. The molecule has 0 aliphatic carbocycles. The van der Waals surface area contributed by atoms with Gasteiger partial charge in [-0.05, 0) is 18.9 Å². The average molecular weight is 258 g/mol. The Morgan fingerprint density at radius 3 is 2.68 bits per heavy atom. The van der Waals surface area contributed by atoms with Gasteiger partial charge in [0.15, 0.2) is 0 Å². The summed E-state index contributed by atoms with van der Waals surface area (Å²) in [6, 6.07) is 10.2. The van der Waals surface area contributed by atoms with Crippen molar-refractivity contribution < 1.29 is 9.53 Å². The maximum atomic E-state index is 11.9. The first kappa shape index (κ1) is 13.3. The Morgan fingerprint density at radius 1 is 1.32 bits per heavy atom. The van der Waals surface area contributed by atoms with Crippen molar-refractivity contribution in [3.05, 3.63) is 54.1 Å². The minimum Gasteiger partial charge on any atom is -0.461 e. The number of ether oxygens (including phenoxy) is 1. The summed E-state index contributed by atoms with van der Waals surface area (Å²) in [4.78, 5) is 16.0. The van der Waals surface area contributed by atoms with Gasteiger partial charge in [-0.3, -0.25) is 0 Å². The fraction of sp³-hybridized carbons (Fsp3) is 0.333. The van der Waals surface area contributed by atoms with E-state index >= 15 is 0 Å². The lowest BCUT2D eigenvalue weighted by Gasteiger charge is -2.19. The van der Waals surface area contributed by atoms with Gasteiger partial charge in [-0.2, -0.15) is 0 Å². The molecule has 2 rings (SSSR count). The summed E-state index contributed by atoms with van der Waals surface area (Å²) in [5.41, 5.74) is 1.66. The lowest BCUT2D eigenvalue weighted by molar-refractivity contribution is 0.0512. The number of hydrogen-bond acceptors (Lipinski definition) is 3. The normalized spacial score (nSPS) is 12.1. The number of imidazole rings is 1. The van der Waals surface area contributed by atoms with Crippen molar-refractivity contribution in [3.8, 4) is 0 Å². The van der Waals surface area contributed by atoms with Gasteiger partial charge >= 0.3 is 5.97 Å². The van der Waals surface area contributed by atoms with Crippen LogP contribution in [-0.4, -0.2) is 22.1 Å². The van der Waals surface area contributed by atoms with Crippen molar-refractivity contribution in [2.75, 3.05) is 6.61 Å². The van der Waals surface area contributed by atoms with Crippen LogP contribution < -0.4 is 0 Å². The number of nitrogens with zero attached hydrogens (tertiary/aromatic N) is 2.